The van der Waals surface area contributed by atoms with Gasteiger partial charge in [-0.25, -0.2) is 12.7 Å². The van der Waals surface area contributed by atoms with E-state index in [9.17, 15) is 23.1 Å². The summed E-state index contributed by atoms with van der Waals surface area (Å²) in [6.45, 7) is 4.24. The summed E-state index contributed by atoms with van der Waals surface area (Å²) < 4.78 is 33.0. The third-order valence-corrected chi connectivity index (χ3v) is 6.83. The van der Waals surface area contributed by atoms with Gasteiger partial charge in [0.25, 0.3) is 15.9 Å². The lowest BCUT2D eigenvalue weighted by atomic mass is 10.1. The van der Waals surface area contributed by atoms with Crippen molar-refractivity contribution in [2.45, 2.75) is 26.3 Å². The highest BCUT2D eigenvalue weighted by Crippen LogP contribution is 2.42. The minimum atomic E-state index is -4.23. The van der Waals surface area contributed by atoms with E-state index in [1.54, 1.807) is 75.4 Å². The molecule has 0 fully saturated rings. The van der Waals surface area contributed by atoms with Crippen LogP contribution < -0.4 is 9.64 Å². The molecule has 0 saturated carbocycles. The zero-order chi connectivity index (χ0) is 23.0. The van der Waals surface area contributed by atoms with Gasteiger partial charge in [-0.05, 0) is 50.6 Å². The number of carbonyl (C=O) groups is 2. The second-order valence-corrected chi connectivity index (χ2v) is 9.69. The van der Waals surface area contributed by atoms with Crippen LogP contribution in [0.5, 0.6) is 5.75 Å². The van der Waals surface area contributed by atoms with Crippen molar-refractivity contribution in [1.82, 2.24) is 4.31 Å². The molecule has 0 unspecified atom stereocenters. The Kier molecular flexibility index (Phi) is 5.82. The van der Waals surface area contributed by atoms with Crippen molar-refractivity contribution in [3.05, 3.63) is 65.9 Å². The lowest BCUT2D eigenvalue weighted by molar-refractivity contribution is -0.135. The van der Waals surface area contributed by atoms with Gasteiger partial charge in [0.1, 0.15) is 22.9 Å². The first-order valence-electron chi connectivity index (χ1n) is 9.51. The van der Waals surface area contributed by atoms with E-state index in [-0.39, 0.29) is 10.6 Å². The molecular weight excluding hydrogens is 420 g/mol. The number of hydrogen-bond acceptors (Lipinski definition) is 6. The Morgan fingerprint density at radius 2 is 1.65 bits per heavy atom. The minimum Gasteiger partial charge on any atom is -0.497 e. The number of amides is 1. The standard InChI is InChI=1S/C22H24N2O6S/c1-22(2,3)24-21(27)19(20(31(24,28)29)15-8-6-5-7-9-15)23(14-18(25)26)16-10-12-17(30-4)13-11-16/h5-13H,14H2,1-4H3,(H,25,26). The summed E-state index contributed by atoms with van der Waals surface area (Å²) in [6, 6.07) is 14.6. The molecule has 31 heavy (non-hydrogen) atoms. The first kappa shape index (κ1) is 22.4. The molecule has 2 aromatic carbocycles. The summed E-state index contributed by atoms with van der Waals surface area (Å²) >= 11 is 0. The Morgan fingerprint density at radius 1 is 1.06 bits per heavy atom. The van der Waals surface area contributed by atoms with Crippen molar-refractivity contribution in [3.63, 3.8) is 0 Å². The minimum absolute atomic E-state index is 0.200. The van der Waals surface area contributed by atoms with E-state index in [4.69, 9.17) is 4.74 Å². The van der Waals surface area contributed by atoms with Gasteiger partial charge in [0.2, 0.25) is 0 Å². The van der Waals surface area contributed by atoms with Crippen molar-refractivity contribution in [2.75, 3.05) is 18.6 Å². The largest absolute Gasteiger partial charge is 0.497 e. The topological polar surface area (TPSA) is 104 Å². The van der Waals surface area contributed by atoms with Crippen molar-refractivity contribution in [3.8, 4) is 5.75 Å². The van der Waals surface area contributed by atoms with Gasteiger partial charge in [0, 0.05) is 5.69 Å². The summed E-state index contributed by atoms with van der Waals surface area (Å²) in [5.74, 6) is -1.45. The van der Waals surface area contributed by atoms with Gasteiger partial charge in [0.15, 0.2) is 0 Å². The molecule has 0 radical (unpaired) electrons. The molecule has 164 valence electrons. The van der Waals surface area contributed by atoms with Crippen LogP contribution in [-0.4, -0.2) is 48.9 Å². The van der Waals surface area contributed by atoms with E-state index in [1.165, 1.54) is 12.0 Å². The Balaban J connectivity index is 2.32. The van der Waals surface area contributed by atoms with Crippen LogP contribution in [-0.2, 0) is 19.6 Å². The first-order chi connectivity index (χ1) is 14.5. The molecule has 0 spiro atoms. The highest BCUT2D eigenvalue weighted by atomic mass is 32.2. The summed E-state index contributed by atoms with van der Waals surface area (Å²) in [6.07, 6.45) is 0. The number of benzene rings is 2. The lowest BCUT2D eigenvalue weighted by Crippen LogP contribution is -2.47. The monoisotopic (exact) mass is 444 g/mol. The molecule has 1 aliphatic heterocycles. The fraction of sp³-hybridized carbons (Fsp3) is 0.273. The molecule has 0 atom stereocenters. The van der Waals surface area contributed by atoms with Crippen LogP contribution >= 0.6 is 0 Å². The quantitative estimate of drug-likeness (QED) is 0.730. The number of carboxylic acids is 1. The van der Waals surface area contributed by atoms with Crippen LogP contribution in [0.15, 0.2) is 60.3 Å². The highest BCUT2D eigenvalue weighted by molar-refractivity contribution is 7.99. The molecular formula is C22H24N2O6S. The number of carboxylic acid groups (broad SMARTS) is 1. The molecule has 1 aliphatic rings. The van der Waals surface area contributed by atoms with Gasteiger partial charge >= 0.3 is 5.97 Å². The Labute approximate surface area is 181 Å². The summed E-state index contributed by atoms with van der Waals surface area (Å²) in [4.78, 5) is 26.2. The van der Waals surface area contributed by atoms with Crippen LogP contribution in [0.3, 0.4) is 0 Å². The maximum Gasteiger partial charge on any atom is 0.323 e. The van der Waals surface area contributed by atoms with Gasteiger partial charge in [-0.3, -0.25) is 9.59 Å². The van der Waals surface area contributed by atoms with Crippen LogP contribution in [0.25, 0.3) is 4.91 Å². The Bertz CT molecular complexity index is 1130. The third-order valence-electron chi connectivity index (χ3n) is 4.69. The van der Waals surface area contributed by atoms with E-state index in [0.717, 1.165) is 4.31 Å². The van der Waals surface area contributed by atoms with Crippen LogP contribution in [0.4, 0.5) is 5.69 Å². The first-order valence-corrected chi connectivity index (χ1v) is 11.0. The molecule has 0 aromatic heterocycles. The Hall–Kier alpha value is -3.33. The van der Waals surface area contributed by atoms with Crippen molar-refractivity contribution in [2.24, 2.45) is 0 Å². The predicted molar refractivity (Wildman–Crippen MR) is 117 cm³/mol. The SMILES string of the molecule is COc1ccc(N(CC(=O)O)C2=C(c3ccccc3)S(=O)(=O)N(C(C)(C)C)C2=O)cc1. The molecule has 0 saturated heterocycles. The summed E-state index contributed by atoms with van der Waals surface area (Å²) in [7, 11) is -2.74. The summed E-state index contributed by atoms with van der Waals surface area (Å²) in [5.41, 5.74) is -0.590. The lowest BCUT2D eigenvalue weighted by Gasteiger charge is -2.31. The van der Waals surface area contributed by atoms with E-state index < -0.39 is 34.0 Å². The maximum absolute atomic E-state index is 13.5. The maximum atomic E-state index is 13.5. The summed E-state index contributed by atoms with van der Waals surface area (Å²) in [5, 5.41) is 9.54. The molecule has 0 bridgehead atoms. The number of anilines is 1. The van der Waals surface area contributed by atoms with Gasteiger partial charge in [-0.15, -0.1) is 0 Å². The molecule has 3 rings (SSSR count). The average molecular weight is 445 g/mol. The van der Waals surface area contributed by atoms with Crippen molar-refractivity contribution < 1.29 is 27.9 Å². The molecule has 2 aromatic rings. The average Bonchev–Trinajstić information content (AvgIpc) is 2.91. The smallest absolute Gasteiger partial charge is 0.323 e. The molecule has 0 aliphatic carbocycles. The van der Waals surface area contributed by atoms with Gasteiger partial charge < -0.3 is 14.7 Å². The van der Waals surface area contributed by atoms with Gasteiger partial charge in [-0.1, -0.05) is 30.3 Å². The molecule has 1 heterocycles. The molecule has 9 heteroatoms. The number of sulfonamides is 1. The Morgan fingerprint density at radius 3 is 2.13 bits per heavy atom. The number of hydrogen-bond donors (Lipinski definition) is 1. The third kappa shape index (κ3) is 4.13. The van der Waals surface area contributed by atoms with Crippen LogP contribution in [0, 0.1) is 0 Å². The predicted octanol–water partition coefficient (Wildman–Crippen LogP) is 2.93. The fourth-order valence-electron chi connectivity index (χ4n) is 3.49. The molecule has 8 nitrogen and oxygen atoms in total. The van der Waals surface area contributed by atoms with E-state index in [1.807, 2.05) is 0 Å². The van der Waals surface area contributed by atoms with Gasteiger partial charge in [-0.2, -0.15) is 0 Å². The van der Waals surface area contributed by atoms with E-state index in [0.29, 0.717) is 17.0 Å². The van der Waals surface area contributed by atoms with Crippen molar-refractivity contribution in [1.29, 1.82) is 0 Å². The highest BCUT2D eigenvalue weighted by Gasteiger charge is 2.51. The molecule has 1 amide bonds. The van der Waals surface area contributed by atoms with Crippen molar-refractivity contribution >= 4 is 32.5 Å². The number of methoxy groups -OCH3 is 1. The normalized spacial score (nSPS) is 15.9. The van der Waals surface area contributed by atoms with E-state index in [2.05, 4.69) is 0 Å². The van der Waals surface area contributed by atoms with Gasteiger partial charge in [0.05, 0.1) is 12.6 Å². The number of carbonyl (C=O) groups excluding carboxylic acids is 1. The second-order valence-electron chi connectivity index (χ2n) is 7.97. The fourth-order valence-corrected chi connectivity index (χ4v) is 5.58. The van der Waals surface area contributed by atoms with Crippen LogP contribution in [0.1, 0.15) is 26.3 Å². The zero-order valence-corrected chi connectivity index (χ0v) is 18.5. The zero-order valence-electron chi connectivity index (χ0n) is 17.7. The number of rotatable bonds is 6. The van der Waals surface area contributed by atoms with E-state index >= 15 is 0 Å². The number of ether oxygens (including phenoxy) is 1. The number of aliphatic carboxylic acids is 1. The second kappa shape index (κ2) is 8.07. The molecule has 1 N–H and O–H groups in total. The van der Waals surface area contributed by atoms with Crippen LogP contribution in [0.2, 0.25) is 0 Å². The number of nitrogens with zero attached hydrogens (tertiary/aromatic N) is 2.